The van der Waals surface area contributed by atoms with Crippen molar-refractivity contribution in [3.8, 4) is 0 Å². The van der Waals surface area contributed by atoms with Gasteiger partial charge in [0.15, 0.2) is 0 Å². The minimum atomic E-state index is 0. The first-order valence-corrected chi connectivity index (χ1v) is 3.07. The molecule has 0 aliphatic heterocycles. The third kappa shape index (κ3) is 4.63. The average Bonchev–Trinajstić information content (AvgIpc) is 1.72. The molecular formula is C6H15NSe. The van der Waals surface area contributed by atoms with E-state index in [2.05, 4.69) is 25.7 Å². The molecule has 0 aliphatic carbocycles. The van der Waals surface area contributed by atoms with E-state index in [0.717, 1.165) is 0 Å². The molecule has 0 bridgehead atoms. The molecular weight excluding hydrogens is 165 g/mol. The average molecular weight is 180 g/mol. The van der Waals surface area contributed by atoms with Crippen LogP contribution < -0.4 is 0 Å². The monoisotopic (exact) mass is 181 g/mol. The first kappa shape index (κ1) is 11.3. The summed E-state index contributed by atoms with van der Waals surface area (Å²) in [5, 5.41) is 0. The van der Waals surface area contributed by atoms with Gasteiger partial charge in [-0.25, -0.2) is 0 Å². The molecule has 0 aliphatic rings. The largest absolute Gasteiger partial charge is 0.304 e. The van der Waals surface area contributed by atoms with Gasteiger partial charge in [-0.1, -0.05) is 20.8 Å². The molecule has 0 saturated carbocycles. The summed E-state index contributed by atoms with van der Waals surface area (Å²) in [5.41, 5.74) is 0. The van der Waals surface area contributed by atoms with Gasteiger partial charge >= 0.3 is 0 Å². The van der Waals surface area contributed by atoms with Crippen molar-refractivity contribution in [1.82, 2.24) is 4.90 Å². The summed E-state index contributed by atoms with van der Waals surface area (Å²) in [6.45, 7) is 10.1. The molecule has 1 nitrogen and oxygen atoms in total. The standard InChI is InChI=1S/C6H15N.Se/c1-4-7(5-2)6-3;/h4-6H2,1-3H3;. The van der Waals surface area contributed by atoms with Crippen molar-refractivity contribution in [3.05, 3.63) is 0 Å². The van der Waals surface area contributed by atoms with Gasteiger partial charge in [0.2, 0.25) is 0 Å². The van der Waals surface area contributed by atoms with Crippen LogP contribution in [0.2, 0.25) is 0 Å². The third-order valence-corrected chi connectivity index (χ3v) is 1.34. The Morgan fingerprint density at radius 2 is 1.12 bits per heavy atom. The van der Waals surface area contributed by atoms with Crippen LogP contribution in [-0.2, 0) is 0 Å². The zero-order valence-electron chi connectivity index (χ0n) is 5.98. The van der Waals surface area contributed by atoms with Crippen LogP contribution >= 0.6 is 0 Å². The van der Waals surface area contributed by atoms with Gasteiger partial charge < -0.3 is 4.90 Å². The maximum absolute atomic E-state index is 2.38. The number of hydrogen-bond donors (Lipinski definition) is 0. The van der Waals surface area contributed by atoms with Crippen molar-refractivity contribution in [2.75, 3.05) is 19.6 Å². The van der Waals surface area contributed by atoms with Gasteiger partial charge in [0.05, 0.1) is 0 Å². The van der Waals surface area contributed by atoms with Crippen LogP contribution in [0.3, 0.4) is 0 Å². The van der Waals surface area contributed by atoms with Gasteiger partial charge in [0, 0.05) is 17.1 Å². The summed E-state index contributed by atoms with van der Waals surface area (Å²) >= 11 is 0. The molecule has 0 aromatic rings. The van der Waals surface area contributed by atoms with E-state index in [0.29, 0.717) is 0 Å². The van der Waals surface area contributed by atoms with Crippen molar-refractivity contribution in [3.63, 3.8) is 0 Å². The Hall–Kier alpha value is 0.479. The van der Waals surface area contributed by atoms with Gasteiger partial charge in [-0.05, 0) is 19.6 Å². The first-order chi connectivity index (χ1) is 3.35. The third-order valence-electron chi connectivity index (χ3n) is 1.34. The molecule has 0 fully saturated rings. The number of hydrogen-bond acceptors (Lipinski definition) is 1. The fourth-order valence-electron chi connectivity index (χ4n) is 0.671. The van der Waals surface area contributed by atoms with E-state index in [1.807, 2.05) is 0 Å². The van der Waals surface area contributed by atoms with E-state index < -0.39 is 0 Å². The second kappa shape index (κ2) is 7.48. The molecule has 0 unspecified atom stereocenters. The smallest absolute Gasteiger partial charge is 0 e. The molecule has 0 N–H and O–H groups in total. The van der Waals surface area contributed by atoms with Gasteiger partial charge in [-0.3, -0.25) is 0 Å². The Labute approximate surface area is 62.9 Å². The summed E-state index contributed by atoms with van der Waals surface area (Å²) in [7, 11) is 0. The van der Waals surface area contributed by atoms with Crippen molar-refractivity contribution in [1.29, 1.82) is 0 Å². The quantitative estimate of drug-likeness (QED) is 0.585. The van der Waals surface area contributed by atoms with Crippen LogP contribution in [0.15, 0.2) is 0 Å². The van der Waals surface area contributed by atoms with E-state index in [4.69, 9.17) is 0 Å². The topological polar surface area (TPSA) is 3.24 Å². The molecule has 8 heavy (non-hydrogen) atoms. The van der Waals surface area contributed by atoms with Crippen LogP contribution in [0.1, 0.15) is 20.8 Å². The molecule has 2 radical (unpaired) electrons. The zero-order valence-corrected chi connectivity index (χ0v) is 7.69. The number of rotatable bonds is 3. The second-order valence-electron chi connectivity index (χ2n) is 1.62. The van der Waals surface area contributed by atoms with Gasteiger partial charge in [-0.2, -0.15) is 0 Å². The van der Waals surface area contributed by atoms with Crippen LogP contribution in [0.5, 0.6) is 0 Å². The normalized spacial score (nSPS) is 9.00. The van der Waals surface area contributed by atoms with E-state index in [1.54, 1.807) is 0 Å². The Bertz CT molecular complexity index is 30.0. The van der Waals surface area contributed by atoms with E-state index >= 15 is 0 Å². The summed E-state index contributed by atoms with van der Waals surface area (Å²) in [6, 6.07) is 0. The Morgan fingerprint density at radius 1 is 0.875 bits per heavy atom. The second-order valence-corrected chi connectivity index (χ2v) is 1.62. The zero-order chi connectivity index (χ0) is 5.70. The van der Waals surface area contributed by atoms with Crippen molar-refractivity contribution < 1.29 is 0 Å². The maximum atomic E-state index is 2.38. The molecule has 0 saturated heterocycles. The van der Waals surface area contributed by atoms with E-state index in [-0.39, 0.29) is 17.1 Å². The molecule has 0 atom stereocenters. The van der Waals surface area contributed by atoms with Crippen molar-refractivity contribution >= 4 is 17.1 Å². The van der Waals surface area contributed by atoms with Gasteiger partial charge in [0.1, 0.15) is 0 Å². The first-order valence-electron chi connectivity index (χ1n) is 3.07. The fraction of sp³-hybridized carbons (Fsp3) is 1.00. The Kier molecular flexibility index (Phi) is 10.6. The molecule has 0 heterocycles. The number of nitrogens with zero attached hydrogens (tertiary/aromatic N) is 1. The summed E-state index contributed by atoms with van der Waals surface area (Å²) in [5.74, 6) is 0. The van der Waals surface area contributed by atoms with E-state index in [9.17, 15) is 0 Å². The van der Waals surface area contributed by atoms with Crippen molar-refractivity contribution in [2.24, 2.45) is 0 Å². The minimum absolute atomic E-state index is 0. The maximum Gasteiger partial charge on any atom is 0 e. The molecule has 0 aromatic carbocycles. The SMILES string of the molecule is CCN(CC)CC.[Se]. The summed E-state index contributed by atoms with van der Waals surface area (Å²) in [6.07, 6.45) is 0. The summed E-state index contributed by atoms with van der Waals surface area (Å²) in [4.78, 5) is 2.38. The Balaban J connectivity index is 0. The molecule has 2 heteroatoms. The summed E-state index contributed by atoms with van der Waals surface area (Å²) < 4.78 is 0. The van der Waals surface area contributed by atoms with Crippen molar-refractivity contribution in [2.45, 2.75) is 20.8 Å². The Morgan fingerprint density at radius 3 is 1.12 bits per heavy atom. The van der Waals surface area contributed by atoms with Gasteiger partial charge in [0.25, 0.3) is 0 Å². The van der Waals surface area contributed by atoms with Gasteiger partial charge in [-0.15, -0.1) is 0 Å². The molecule has 0 spiro atoms. The molecule has 0 rings (SSSR count). The van der Waals surface area contributed by atoms with E-state index in [1.165, 1.54) is 19.6 Å². The molecule has 50 valence electrons. The minimum Gasteiger partial charge on any atom is -0.304 e. The fourth-order valence-corrected chi connectivity index (χ4v) is 0.671. The predicted molar refractivity (Wildman–Crippen MR) is 39.2 cm³/mol. The molecule has 0 amide bonds. The predicted octanol–water partition coefficient (Wildman–Crippen LogP) is 0.967. The molecule has 0 aromatic heterocycles. The van der Waals surface area contributed by atoms with Crippen LogP contribution in [0.4, 0.5) is 0 Å². The van der Waals surface area contributed by atoms with Crippen LogP contribution in [0.25, 0.3) is 0 Å². The van der Waals surface area contributed by atoms with Crippen LogP contribution in [-0.4, -0.2) is 41.6 Å². The van der Waals surface area contributed by atoms with Crippen LogP contribution in [0, 0.1) is 0 Å².